The van der Waals surface area contributed by atoms with Crippen molar-refractivity contribution in [3.05, 3.63) is 34.9 Å². The van der Waals surface area contributed by atoms with E-state index >= 15 is 0 Å². The maximum absolute atomic E-state index is 11.9. The van der Waals surface area contributed by atoms with Gasteiger partial charge in [-0.3, -0.25) is 4.79 Å². The normalized spacial score (nSPS) is 14.8. The lowest BCUT2D eigenvalue weighted by atomic mass is 9.98. The number of rotatable bonds is 4. The van der Waals surface area contributed by atoms with Crippen LogP contribution in [0.15, 0.2) is 18.2 Å². The van der Waals surface area contributed by atoms with Crippen LogP contribution in [0.1, 0.15) is 21.5 Å². The van der Waals surface area contributed by atoms with E-state index in [-0.39, 0.29) is 30.0 Å². The first-order valence-electron chi connectivity index (χ1n) is 6.27. The molecule has 0 atom stereocenters. The van der Waals surface area contributed by atoms with Gasteiger partial charge in [-0.05, 0) is 48.0 Å². The Kier molecular flexibility index (Phi) is 4.93. The summed E-state index contributed by atoms with van der Waals surface area (Å²) in [5.41, 5.74) is -1.46. The molecule has 0 radical (unpaired) electrons. The van der Waals surface area contributed by atoms with E-state index < -0.39 is 5.51 Å². The lowest BCUT2D eigenvalue weighted by Gasteiger charge is -2.17. The van der Waals surface area contributed by atoms with E-state index in [1.165, 1.54) is 5.56 Å². The first kappa shape index (κ1) is 15.2. The molecule has 0 fully saturated rings. The molecular weight excluding hydrogens is 289 g/mol. The van der Waals surface area contributed by atoms with Crippen molar-refractivity contribution in [3.8, 4) is 0 Å². The van der Waals surface area contributed by atoms with E-state index in [0.717, 1.165) is 25.1 Å². The van der Waals surface area contributed by atoms with Crippen LogP contribution in [0.25, 0.3) is 0 Å². The lowest BCUT2D eigenvalue weighted by molar-refractivity contribution is -0.0327. The maximum atomic E-state index is 11.9. The van der Waals surface area contributed by atoms with Gasteiger partial charge in [-0.1, -0.05) is 6.07 Å². The topological polar surface area (TPSA) is 41.1 Å². The van der Waals surface area contributed by atoms with Gasteiger partial charge in [0.25, 0.3) is 5.91 Å². The lowest BCUT2D eigenvalue weighted by Crippen LogP contribution is -2.28. The number of benzene rings is 1. The highest BCUT2D eigenvalue weighted by molar-refractivity contribution is 8.00. The molecule has 1 aromatic rings. The molecular formula is C13H15F3N2OS. The zero-order valence-corrected chi connectivity index (χ0v) is 11.5. The third-order valence-electron chi connectivity index (χ3n) is 3.01. The Morgan fingerprint density at radius 3 is 2.90 bits per heavy atom. The fourth-order valence-electron chi connectivity index (χ4n) is 2.06. The smallest absolute Gasteiger partial charge is 0.351 e. The molecule has 0 saturated carbocycles. The quantitative estimate of drug-likeness (QED) is 0.839. The summed E-state index contributed by atoms with van der Waals surface area (Å²) in [5.74, 6) is -0.511. The Hall–Kier alpha value is -1.21. The Morgan fingerprint density at radius 1 is 1.35 bits per heavy atom. The van der Waals surface area contributed by atoms with E-state index in [0.29, 0.717) is 5.56 Å². The van der Waals surface area contributed by atoms with E-state index in [4.69, 9.17) is 0 Å². The van der Waals surface area contributed by atoms with Crippen molar-refractivity contribution in [2.45, 2.75) is 18.5 Å². The summed E-state index contributed by atoms with van der Waals surface area (Å²) in [6.07, 6.45) is 0.930. The van der Waals surface area contributed by atoms with Gasteiger partial charge in [-0.25, -0.2) is 0 Å². The molecule has 1 aliphatic rings. The van der Waals surface area contributed by atoms with Crippen molar-refractivity contribution in [3.63, 3.8) is 0 Å². The van der Waals surface area contributed by atoms with Crippen LogP contribution < -0.4 is 10.6 Å². The molecule has 1 aromatic carbocycles. The predicted molar refractivity (Wildman–Crippen MR) is 72.7 cm³/mol. The minimum atomic E-state index is -4.25. The van der Waals surface area contributed by atoms with Crippen LogP contribution in [0, 0.1) is 0 Å². The van der Waals surface area contributed by atoms with Crippen LogP contribution >= 0.6 is 11.8 Å². The second kappa shape index (κ2) is 6.49. The van der Waals surface area contributed by atoms with Crippen molar-refractivity contribution in [1.29, 1.82) is 0 Å². The number of thioether (sulfide) groups is 1. The molecule has 0 saturated heterocycles. The maximum Gasteiger partial charge on any atom is 0.441 e. The minimum absolute atomic E-state index is 0.00164. The van der Waals surface area contributed by atoms with Crippen molar-refractivity contribution >= 4 is 17.7 Å². The molecule has 7 heteroatoms. The number of nitrogens with one attached hydrogen (secondary N) is 2. The second-order valence-corrected chi connectivity index (χ2v) is 5.62. The Bertz CT molecular complexity index is 491. The fraction of sp³-hybridized carbons (Fsp3) is 0.462. The van der Waals surface area contributed by atoms with E-state index in [9.17, 15) is 18.0 Å². The number of halogens is 3. The molecule has 0 aliphatic carbocycles. The molecule has 1 amide bonds. The molecule has 0 aromatic heterocycles. The second-order valence-electron chi connectivity index (χ2n) is 4.46. The van der Waals surface area contributed by atoms with E-state index in [1.54, 1.807) is 12.1 Å². The summed E-state index contributed by atoms with van der Waals surface area (Å²) in [6.45, 7) is 1.64. The highest BCUT2D eigenvalue weighted by Gasteiger charge is 2.27. The highest BCUT2D eigenvalue weighted by atomic mass is 32.2. The largest absolute Gasteiger partial charge is 0.441 e. The number of alkyl halides is 3. The fourth-order valence-corrected chi connectivity index (χ4v) is 2.49. The Balaban J connectivity index is 1.86. The zero-order valence-electron chi connectivity index (χ0n) is 10.7. The van der Waals surface area contributed by atoms with Crippen molar-refractivity contribution in [2.24, 2.45) is 0 Å². The minimum Gasteiger partial charge on any atom is -0.351 e. The molecule has 1 heterocycles. The van der Waals surface area contributed by atoms with Gasteiger partial charge in [-0.2, -0.15) is 13.2 Å². The van der Waals surface area contributed by atoms with Gasteiger partial charge in [-0.15, -0.1) is 0 Å². The van der Waals surface area contributed by atoms with Crippen LogP contribution in [0.4, 0.5) is 13.2 Å². The average molecular weight is 304 g/mol. The molecule has 3 nitrogen and oxygen atoms in total. The molecule has 20 heavy (non-hydrogen) atoms. The van der Waals surface area contributed by atoms with Gasteiger partial charge in [0, 0.05) is 24.4 Å². The Labute approximate surface area is 119 Å². The third kappa shape index (κ3) is 4.42. The average Bonchev–Trinajstić information content (AvgIpc) is 2.42. The van der Waals surface area contributed by atoms with Crippen molar-refractivity contribution in [1.82, 2.24) is 10.6 Å². The predicted octanol–water partition coefficient (Wildman–Crippen LogP) is 2.32. The third-order valence-corrected chi connectivity index (χ3v) is 3.74. The first-order valence-corrected chi connectivity index (χ1v) is 7.26. The molecule has 1 aliphatic heterocycles. The first-order chi connectivity index (χ1) is 9.46. The van der Waals surface area contributed by atoms with Gasteiger partial charge < -0.3 is 10.6 Å². The van der Waals surface area contributed by atoms with Gasteiger partial charge in [0.05, 0.1) is 0 Å². The number of carbonyl (C=O) groups excluding carboxylic acids is 1. The van der Waals surface area contributed by atoms with Gasteiger partial charge in [0.1, 0.15) is 0 Å². The number of carbonyl (C=O) groups is 1. The molecule has 0 spiro atoms. The van der Waals surface area contributed by atoms with Gasteiger partial charge >= 0.3 is 5.51 Å². The SMILES string of the molecule is O=C(NCCSC(F)(F)F)c1ccc2c(c1)CNCC2. The van der Waals surface area contributed by atoms with Gasteiger partial charge in [0.2, 0.25) is 0 Å². The summed E-state index contributed by atoms with van der Waals surface area (Å²) < 4.78 is 35.8. The standard InChI is InChI=1S/C13H15F3N2OS/c14-13(15,16)20-6-5-18-12(19)10-2-1-9-3-4-17-8-11(9)7-10/h1-2,7,17H,3-6,8H2,(H,18,19). The van der Waals surface area contributed by atoms with Crippen LogP contribution in [-0.2, 0) is 13.0 Å². The molecule has 110 valence electrons. The number of hydrogen-bond acceptors (Lipinski definition) is 3. The van der Waals surface area contributed by atoms with E-state index in [2.05, 4.69) is 10.6 Å². The van der Waals surface area contributed by atoms with E-state index in [1.807, 2.05) is 6.07 Å². The van der Waals surface area contributed by atoms with Crippen LogP contribution in [0.3, 0.4) is 0 Å². The van der Waals surface area contributed by atoms with Crippen LogP contribution in [0.2, 0.25) is 0 Å². The molecule has 0 bridgehead atoms. The molecule has 2 N–H and O–H groups in total. The molecule has 0 unspecified atom stereocenters. The van der Waals surface area contributed by atoms with Crippen molar-refractivity contribution in [2.75, 3.05) is 18.8 Å². The summed E-state index contributed by atoms with van der Waals surface area (Å²) in [7, 11) is 0. The summed E-state index contributed by atoms with van der Waals surface area (Å²) in [4.78, 5) is 11.8. The number of fused-ring (bicyclic) bond motifs is 1. The molecule has 2 rings (SSSR count). The summed E-state index contributed by atoms with van der Waals surface area (Å²) in [5, 5.41) is 5.71. The van der Waals surface area contributed by atoms with Crippen LogP contribution in [0.5, 0.6) is 0 Å². The van der Waals surface area contributed by atoms with Gasteiger partial charge in [0.15, 0.2) is 0 Å². The summed E-state index contributed by atoms with van der Waals surface area (Å²) >= 11 is -0.131. The van der Waals surface area contributed by atoms with Crippen LogP contribution in [-0.4, -0.2) is 30.3 Å². The summed E-state index contributed by atoms with van der Waals surface area (Å²) in [6, 6.07) is 5.43. The zero-order chi connectivity index (χ0) is 14.6. The monoisotopic (exact) mass is 304 g/mol. The number of hydrogen-bond donors (Lipinski definition) is 2. The Morgan fingerprint density at radius 2 is 2.15 bits per heavy atom. The number of amides is 1. The van der Waals surface area contributed by atoms with Crippen molar-refractivity contribution < 1.29 is 18.0 Å². The highest BCUT2D eigenvalue weighted by Crippen LogP contribution is 2.29.